The van der Waals surface area contributed by atoms with Crippen LogP contribution in [0.3, 0.4) is 0 Å². The Labute approximate surface area is 112 Å². The first kappa shape index (κ1) is 13.3. The maximum Gasteiger partial charge on any atom is 0.256 e. The van der Waals surface area contributed by atoms with E-state index in [2.05, 4.69) is 10.4 Å². The number of nitrogens with zero attached hydrogens (tertiary/aromatic N) is 2. The molecule has 0 radical (unpaired) electrons. The van der Waals surface area contributed by atoms with Crippen molar-refractivity contribution in [3.63, 3.8) is 0 Å². The number of ether oxygens (including phenoxy) is 1. The van der Waals surface area contributed by atoms with E-state index in [0.717, 1.165) is 11.1 Å². The second kappa shape index (κ2) is 5.67. The Bertz CT molecular complexity index is 590. The van der Waals surface area contributed by atoms with Crippen LogP contribution in [0.15, 0.2) is 30.6 Å². The zero-order valence-corrected chi connectivity index (χ0v) is 11.3. The minimum Gasteiger partial charge on any atom is -0.362 e. The van der Waals surface area contributed by atoms with Crippen molar-refractivity contribution < 1.29 is 9.53 Å². The molecule has 0 fully saturated rings. The van der Waals surface area contributed by atoms with E-state index < -0.39 is 0 Å². The van der Waals surface area contributed by atoms with Gasteiger partial charge in [0.2, 0.25) is 0 Å². The number of amides is 1. The number of aromatic nitrogens is 2. The van der Waals surface area contributed by atoms with Crippen molar-refractivity contribution in [3.8, 4) is 0 Å². The van der Waals surface area contributed by atoms with Gasteiger partial charge in [-0.15, -0.1) is 0 Å². The first-order valence-corrected chi connectivity index (χ1v) is 6.00. The van der Waals surface area contributed by atoms with Gasteiger partial charge in [0.05, 0.1) is 18.1 Å². The molecule has 100 valence electrons. The average molecular weight is 259 g/mol. The number of hydrogen-bond donors (Lipinski definition) is 1. The van der Waals surface area contributed by atoms with Crippen LogP contribution >= 0.6 is 0 Å². The standard InChI is InChI=1S/C14H17N3O2/c1-10-4-5-13(11(2)6-10)14(18)16-12-7-15-17(8-12)9-19-3/h4-8H,9H2,1-3H3,(H,16,18). The van der Waals surface area contributed by atoms with Crippen LogP contribution in [0.1, 0.15) is 21.5 Å². The van der Waals surface area contributed by atoms with Gasteiger partial charge in [0.15, 0.2) is 0 Å². The largest absolute Gasteiger partial charge is 0.362 e. The number of methoxy groups -OCH3 is 1. The lowest BCUT2D eigenvalue weighted by Gasteiger charge is -2.06. The van der Waals surface area contributed by atoms with Crippen LogP contribution in [0.25, 0.3) is 0 Å². The van der Waals surface area contributed by atoms with E-state index in [-0.39, 0.29) is 5.91 Å². The Hall–Kier alpha value is -2.14. The van der Waals surface area contributed by atoms with E-state index in [1.54, 1.807) is 24.2 Å². The van der Waals surface area contributed by atoms with Crippen LogP contribution < -0.4 is 5.32 Å². The highest BCUT2D eigenvalue weighted by atomic mass is 16.5. The Kier molecular flexibility index (Phi) is 3.97. The van der Waals surface area contributed by atoms with Gasteiger partial charge >= 0.3 is 0 Å². The summed E-state index contributed by atoms with van der Waals surface area (Å²) in [4.78, 5) is 12.1. The highest BCUT2D eigenvalue weighted by molar-refractivity contribution is 6.05. The summed E-state index contributed by atoms with van der Waals surface area (Å²) in [6.45, 7) is 4.29. The summed E-state index contributed by atoms with van der Waals surface area (Å²) in [6, 6.07) is 5.75. The molecule has 5 heteroatoms. The van der Waals surface area contributed by atoms with Crippen molar-refractivity contribution in [1.29, 1.82) is 0 Å². The molecule has 1 heterocycles. The molecular formula is C14H17N3O2. The summed E-state index contributed by atoms with van der Waals surface area (Å²) in [5.41, 5.74) is 3.43. The van der Waals surface area contributed by atoms with Crippen molar-refractivity contribution >= 4 is 11.6 Å². The Morgan fingerprint density at radius 2 is 2.21 bits per heavy atom. The van der Waals surface area contributed by atoms with Gasteiger partial charge in [-0.1, -0.05) is 17.7 Å². The molecule has 0 unspecified atom stereocenters. The molecule has 2 rings (SSSR count). The second-order valence-corrected chi connectivity index (χ2v) is 4.46. The summed E-state index contributed by atoms with van der Waals surface area (Å²) in [5.74, 6) is -0.130. The number of carbonyl (C=O) groups excluding carboxylic acids is 1. The second-order valence-electron chi connectivity index (χ2n) is 4.46. The molecule has 0 atom stereocenters. The van der Waals surface area contributed by atoms with E-state index in [0.29, 0.717) is 18.0 Å². The molecule has 1 aromatic heterocycles. The van der Waals surface area contributed by atoms with Crippen molar-refractivity contribution in [1.82, 2.24) is 9.78 Å². The third-order valence-electron chi connectivity index (χ3n) is 2.78. The number of benzene rings is 1. The van der Waals surface area contributed by atoms with Crippen LogP contribution in [0.2, 0.25) is 0 Å². The van der Waals surface area contributed by atoms with Crippen LogP contribution in [0.5, 0.6) is 0 Å². The zero-order chi connectivity index (χ0) is 13.8. The topological polar surface area (TPSA) is 56.1 Å². The predicted octanol–water partition coefficient (Wildman–Crippen LogP) is 2.36. The zero-order valence-electron chi connectivity index (χ0n) is 11.3. The molecular weight excluding hydrogens is 242 g/mol. The molecule has 0 aliphatic heterocycles. The van der Waals surface area contributed by atoms with Gasteiger partial charge in [0, 0.05) is 12.7 Å². The van der Waals surface area contributed by atoms with Crippen molar-refractivity contribution in [2.24, 2.45) is 0 Å². The molecule has 0 aliphatic carbocycles. The Morgan fingerprint density at radius 1 is 1.42 bits per heavy atom. The fourth-order valence-corrected chi connectivity index (χ4v) is 1.90. The molecule has 0 aliphatic rings. The average Bonchev–Trinajstić information content (AvgIpc) is 2.76. The lowest BCUT2D eigenvalue weighted by atomic mass is 10.1. The van der Waals surface area contributed by atoms with Crippen LogP contribution in [-0.4, -0.2) is 22.8 Å². The molecule has 0 bridgehead atoms. The molecule has 2 aromatic rings. The minimum absolute atomic E-state index is 0.130. The van der Waals surface area contributed by atoms with Gasteiger partial charge in [0.1, 0.15) is 6.73 Å². The lowest BCUT2D eigenvalue weighted by Crippen LogP contribution is -2.13. The Balaban J connectivity index is 2.11. The number of rotatable bonds is 4. The lowest BCUT2D eigenvalue weighted by molar-refractivity contribution is 0.102. The summed E-state index contributed by atoms with van der Waals surface area (Å²) >= 11 is 0. The van der Waals surface area contributed by atoms with E-state index in [1.807, 2.05) is 32.0 Å². The Morgan fingerprint density at radius 3 is 2.89 bits per heavy atom. The smallest absolute Gasteiger partial charge is 0.256 e. The maximum atomic E-state index is 12.1. The molecule has 1 amide bonds. The quantitative estimate of drug-likeness (QED) is 0.917. The van der Waals surface area contributed by atoms with Crippen LogP contribution in [-0.2, 0) is 11.5 Å². The van der Waals surface area contributed by atoms with Gasteiger partial charge in [-0.2, -0.15) is 5.10 Å². The number of anilines is 1. The highest BCUT2D eigenvalue weighted by Gasteiger charge is 2.10. The minimum atomic E-state index is -0.130. The molecule has 5 nitrogen and oxygen atoms in total. The van der Waals surface area contributed by atoms with E-state index in [9.17, 15) is 4.79 Å². The molecule has 0 saturated heterocycles. The third-order valence-corrected chi connectivity index (χ3v) is 2.78. The monoisotopic (exact) mass is 259 g/mol. The molecule has 0 saturated carbocycles. The fraction of sp³-hybridized carbons (Fsp3) is 0.286. The number of nitrogens with one attached hydrogen (secondary N) is 1. The van der Waals surface area contributed by atoms with E-state index in [1.165, 1.54) is 0 Å². The maximum absolute atomic E-state index is 12.1. The highest BCUT2D eigenvalue weighted by Crippen LogP contribution is 2.13. The van der Waals surface area contributed by atoms with Crippen LogP contribution in [0.4, 0.5) is 5.69 Å². The number of hydrogen-bond acceptors (Lipinski definition) is 3. The molecule has 19 heavy (non-hydrogen) atoms. The summed E-state index contributed by atoms with van der Waals surface area (Å²) < 4.78 is 6.56. The molecule has 1 N–H and O–H groups in total. The van der Waals surface area contributed by atoms with Gasteiger partial charge < -0.3 is 10.1 Å². The number of aryl methyl sites for hydroxylation is 2. The molecule has 1 aromatic carbocycles. The summed E-state index contributed by atoms with van der Waals surface area (Å²) in [5, 5.41) is 6.89. The first-order chi connectivity index (χ1) is 9.10. The fourth-order valence-electron chi connectivity index (χ4n) is 1.90. The van der Waals surface area contributed by atoms with Gasteiger partial charge in [-0.05, 0) is 25.5 Å². The SMILES string of the molecule is COCn1cc(NC(=O)c2ccc(C)cc2C)cn1. The summed E-state index contributed by atoms with van der Waals surface area (Å²) in [6.07, 6.45) is 3.32. The van der Waals surface area contributed by atoms with Crippen molar-refractivity contribution in [2.75, 3.05) is 12.4 Å². The summed E-state index contributed by atoms with van der Waals surface area (Å²) in [7, 11) is 1.59. The molecule has 0 spiro atoms. The van der Waals surface area contributed by atoms with Crippen molar-refractivity contribution in [3.05, 3.63) is 47.3 Å². The van der Waals surface area contributed by atoms with Gasteiger partial charge in [-0.3, -0.25) is 4.79 Å². The van der Waals surface area contributed by atoms with Crippen LogP contribution in [0, 0.1) is 13.8 Å². The normalized spacial score (nSPS) is 10.5. The van der Waals surface area contributed by atoms with Crippen molar-refractivity contribution in [2.45, 2.75) is 20.6 Å². The van der Waals surface area contributed by atoms with E-state index >= 15 is 0 Å². The third kappa shape index (κ3) is 3.20. The first-order valence-electron chi connectivity index (χ1n) is 6.00. The predicted molar refractivity (Wildman–Crippen MR) is 73.1 cm³/mol. The van der Waals surface area contributed by atoms with E-state index in [4.69, 9.17) is 4.74 Å². The number of carbonyl (C=O) groups is 1. The van der Waals surface area contributed by atoms with Gasteiger partial charge in [0.25, 0.3) is 5.91 Å². The van der Waals surface area contributed by atoms with Gasteiger partial charge in [-0.25, -0.2) is 4.68 Å².